The van der Waals surface area contributed by atoms with Crippen LogP contribution >= 0.6 is 11.3 Å². The van der Waals surface area contributed by atoms with Gasteiger partial charge in [-0.2, -0.15) is 11.3 Å². The van der Waals surface area contributed by atoms with Crippen molar-refractivity contribution in [2.45, 2.75) is 51.5 Å². The van der Waals surface area contributed by atoms with Crippen LogP contribution in [0.4, 0.5) is 0 Å². The van der Waals surface area contributed by atoms with Gasteiger partial charge in [0.25, 0.3) is 5.91 Å². The standard InChI is InChI=1S/C18H26N2O2S/c1-13-7-10-20(16-5-3-2-4-15(13)16)17(21)6-9-19-18(22)14-8-11-23-12-14/h8,11-13,15-16H,2-7,9-10H2,1H3,(H,19,22)/t13-,15-,16-/m1/s1. The van der Waals surface area contributed by atoms with Crippen LogP contribution < -0.4 is 5.32 Å². The van der Waals surface area contributed by atoms with E-state index >= 15 is 0 Å². The molecular formula is C18H26N2O2S. The zero-order chi connectivity index (χ0) is 16.2. The second-order valence-electron chi connectivity index (χ2n) is 6.89. The van der Waals surface area contributed by atoms with E-state index in [0.717, 1.165) is 25.3 Å². The van der Waals surface area contributed by atoms with Gasteiger partial charge in [0.05, 0.1) is 0 Å². The Morgan fingerprint density at radius 1 is 1.30 bits per heavy atom. The van der Waals surface area contributed by atoms with Gasteiger partial charge < -0.3 is 10.2 Å². The summed E-state index contributed by atoms with van der Waals surface area (Å²) in [6.07, 6.45) is 6.50. The van der Waals surface area contributed by atoms with E-state index in [1.165, 1.54) is 30.6 Å². The zero-order valence-corrected chi connectivity index (χ0v) is 14.6. The lowest BCUT2D eigenvalue weighted by Gasteiger charge is -2.47. The molecule has 2 fully saturated rings. The number of hydrogen-bond acceptors (Lipinski definition) is 3. The topological polar surface area (TPSA) is 49.4 Å². The van der Waals surface area contributed by atoms with Crippen LogP contribution in [-0.4, -0.2) is 35.8 Å². The Hall–Kier alpha value is -1.36. The average molecular weight is 334 g/mol. The zero-order valence-electron chi connectivity index (χ0n) is 13.8. The summed E-state index contributed by atoms with van der Waals surface area (Å²) in [7, 11) is 0. The Morgan fingerprint density at radius 2 is 2.13 bits per heavy atom. The van der Waals surface area contributed by atoms with Crippen molar-refractivity contribution in [2.24, 2.45) is 11.8 Å². The molecule has 3 atom stereocenters. The monoisotopic (exact) mass is 334 g/mol. The van der Waals surface area contributed by atoms with Crippen molar-refractivity contribution in [3.05, 3.63) is 22.4 Å². The molecular weight excluding hydrogens is 308 g/mol. The fraction of sp³-hybridized carbons (Fsp3) is 0.667. The quantitative estimate of drug-likeness (QED) is 0.918. The highest BCUT2D eigenvalue weighted by Crippen LogP contribution is 2.38. The number of thiophene rings is 1. The van der Waals surface area contributed by atoms with Crippen LogP contribution in [0.25, 0.3) is 0 Å². The molecule has 1 aromatic heterocycles. The number of piperidine rings is 1. The maximum Gasteiger partial charge on any atom is 0.252 e. The van der Waals surface area contributed by atoms with Crippen molar-refractivity contribution in [1.82, 2.24) is 10.2 Å². The third-order valence-electron chi connectivity index (χ3n) is 5.47. The predicted molar refractivity (Wildman–Crippen MR) is 92.5 cm³/mol. The van der Waals surface area contributed by atoms with Gasteiger partial charge >= 0.3 is 0 Å². The molecule has 126 valence electrons. The maximum atomic E-state index is 12.6. The van der Waals surface area contributed by atoms with Crippen molar-refractivity contribution >= 4 is 23.2 Å². The molecule has 2 amide bonds. The van der Waals surface area contributed by atoms with Gasteiger partial charge in [0.2, 0.25) is 5.91 Å². The molecule has 23 heavy (non-hydrogen) atoms. The number of carbonyl (C=O) groups excluding carboxylic acids is 2. The first-order valence-electron chi connectivity index (χ1n) is 8.76. The lowest BCUT2D eigenvalue weighted by molar-refractivity contribution is -0.138. The van der Waals surface area contributed by atoms with E-state index in [0.29, 0.717) is 30.5 Å². The van der Waals surface area contributed by atoms with E-state index in [2.05, 4.69) is 17.1 Å². The number of hydrogen-bond donors (Lipinski definition) is 1. The number of nitrogens with zero attached hydrogens (tertiary/aromatic N) is 1. The molecule has 0 bridgehead atoms. The lowest BCUT2D eigenvalue weighted by Crippen LogP contribution is -2.52. The van der Waals surface area contributed by atoms with E-state index < -0.39 is 0 Å². The van der Waals surface area contributed by atoms with Crippen LogP contribution in [0.2, 0.25) is 0 Å². The number of amides is 2. The minimum Gasteiger partial charge on any atom is -0.351 e. The largest absolute Gasteiger partial charge is 0.351 e. The summed E-state index contributed by atoms with van der Waals surface area (Å²) in [6.45, 7) is 3.66. The third-order valence-corrected chi connectivity index (χ3v) is 6.15. The first-order valence-corrected chi connectivity index (χ1v) is 9.71. The normalized spacial score (nSPS) is 27.3. The molecule has 1 saturated heterocycles. The minimum atomic E-state index is -0.0816. The Balaban J connectivity index is 1.50. The Bertz CT molecular complexity index is 543. The van der Waals surface area contributed by atoms with Crippen LogP contribution in [0.1, 0.15) is 55.8 Å². The number of rotatable bonds is 4. The highest BCUT2D eigenvalue weighted by molar-refractivity contribution is 7.08. The Kier molecular flexibility index (Phi) is 5.36. The fourth-order valence-electron chi connectivity index (χ4n) is 4.15. The number of fused-ring (bicyclic) bond motifs is 1. The lowest BCUT2D eigenvalue weighted by atomic mass is 9.72. The molecule has 2 aliphatic rings. The molecule has 4 nitrogen and oxygen atoms in total. The first kappa shape index (κ1) is 16.5. The smallest absolute Gasteiger partial charge is 0.252 e. The Labute approximate surface area is 142 Å². The van der Waals surface area contributed by atoms with Crippen LogP contribution in [0, 0.1) is 11.8 Å². The SMILES string of the molecule is C[C@@H]1CCN(C(=O)CCNC(=O)c2ccsc2)[C@@H]2CCCC[C@H]12. The second-order valence-corrected chi connectivity index (χ2v) is 7.67. The van der Waals surface area contributed by atoms with E-state index in [-0.39, 0.29) is 11.8 Å². The number of nitrogens with one attached hydrogen (secondary N) is 1. The van der Waals surface area contributed by atoms with Crippen LogP contribution in [-0.2, 0) is 4.79 Å². The van der Waals surface area contributed by atoms with Crippen LogP contribution in [0.5, 0.6) is 0 Å². The van der Waals surface area contributed by atoms with Crippen molar-refractivity contribution in [3.63, 3.8) is 0 Å². The van der Waals surface area contributed by atoms with Gasteiger partial charge in [0.1, 0.15) is 0 Å². The molecule has 0 aromatic carbocycles. The predicted octanol–water partition coefficient (Wildman–Crippen LogP) is 3.30. The highest BCUT2D eigenvalue weighted by Gasteiger charge is 2.38. The number of likely N-dealkylation sites (tertiary alicyclic amines) is 1. The molecule has 1 N–H and O–H groups in total. The molecule has 1 aliphatic heterocycles. The van der Waals surface area contributed by atoms with E-state index in [1.54, 1.807) is 6.07 Å². The molecule has 0 spiro atoms. The molecule has 0 unspecified atom stereocenters. The molecule has 5 heteroatoms. The van der Waals surface area contributed by atoms with Crippen molar-refractivity contribution in [3.8, 4) is 0 Å². The van der Waals surface area contributed by atoms with Gasteiger partial charge in [0.15, 0.2) is 0 Å². The van der Waals surface area contributed by atoms with Gasteiger partial charge in [-0.3, -0.25) is 9.59 Å². The highest BCUT2D eigenvalue weighted by atomic mass is 32.1. The molecule has 2 heterocycles. The Morgan fingerprint density at radius 3 is 2.91 bits per heavy atom. The molecule has 3 rings (SSSR count). The van der Waals surface area contributed by atoms with Gasteiger partial charge in [0, 0.05) is 36.5 Å². The molecule has 1 saturated carbocycles. The molecule has 1 aromatic rings. The summed E-state index contributed by atoms with van der Waals surface area (Å²) in [6, 6.07) is 2.24. The van der Waals surface area contributed by atoms with E-state index in [4.69, 9.17) is 0 Å². The summed E-state index contributed by atoms with van der Waals surface area (Å²) in [5.41, 5.74) is 0.682. The van der Waals surface area contributed by atoms with E-state index in [9.17, 15) is 9.59 Å². The van der Waals surface area contributed by atoms with Gasteiger partial charge in [-0.15, -0.1) is 0 Å². The summed E-state index contributed by atoms with van der Waals surface area (Å²) in [4.78, 5) is 26.6. The van der Waals surface area contributed by atoms with Crippen molar-refractivity contribution in [2.75, 3.05) is 13.1 Å². The van der Waals surface area contributed by atoms with Crippen LogP contribution in [0.3, 0.4) is 0 Å². The fourth-order valence-corrected chi connectivity index (χ4v) is 4.78. The molecule has 1 aliphatic carbocycles. The molecule has 0 radical (unpaired) electrons. The van der Waals surface area contributed by atoms with Crippen molar-refractivity contribution in [1.29, 1.82) is 0 Å². The third kappa shape index (κ3) is 3.77. The minimum absolute atomic E-state index is 0.0816. The summed E-state index contributed by atoms with van der Waals surface area (Å²) >= 11 is 1.51. The second kappa shape index (κ2) is 7.47. The summed E-state index contributed by atoms with van der Waals surface area (Å²) < 4.78 is 0. The van der Waals surface area contributed by atoms with Gasteiger partial charge in [-0.1, -0.05) is 19.8 Å². The maximum absolute atomic E-state index is 12.6. The van der Waals surface area contributed by atoms with Gasteiger partial charge in [-0.25, -0.2) is 0 Å². The van der Waals surface area contributed by atoms with E-state index in [1.807, 2.05) is 10.8 Å². The summed E-state index contributed by atoms with van der Waals surface area (Å²) in [5, 5.41) is 6.57. The summed E-state index contributed by atoms with van der Waals surface area (Å²) in [5.74, 6) is 1.55. The van der Waals surface area contributed by atoms with Crippen molar-refractivity contribution < 1.29 is 9.59 Å². The van der Waals surface area contributed by atoms with Crippen LogP contribution in [0.15, 0.2) is 16.8 Å². The van der Waals surface area contributed by atoms with Gasteiger partial charge in [-0.05, 0) is 42.5 Å². The average Bonchev–Trinajstić information content (AvgIpc) is 3.10. The first-order chi connectivity index (χ1) is 11.2. The number of carbonyl (C=O) groups is 2.